The lowest BCUT2D eigenvalue weighted by Crippen LogP contribution is -2.37. The van der Waals surface area contributed by atoms with E-state index in [0.717, 1.165) is 32.5 Å². The maximum atomic E-state index is 12.1. The maximum absolute atomic E-state index is 12.1. The highest BCUT2D eigenvalue weighted by atomic mass is 16.2. The molecular weight excluding hydrogens is 256 g/mol. The van der Waals surface area contributed by atoms with E-state index in [1.807, 2.05) is 18.9 Å². The molecule has 0 bridgehead atoms. The molecule has 0 spiro atoms. The largest absolute Gasteiger partial charge is 0.370 e. The first kappa shape index (κ1) is 14.4. The minimum Gasteiger partial charge on any atom is -0.370 e. The maximum Gasteiger partial charge on any atom is 0.242 e. The fourth-order valence-electron chi connectivity index (χ4n) is 2.27. The zero-order chi connectivity index (χ0) is 14.5. The number of nitrogens with zero attached hydrogens (tertiary/aromatic N) is 4. The van der Waals surface area contributed by atoms with Gasteiger partial charge in [0.15, 0.2) is 0 Å². The number of carbonyl (C=O) groups is 1. The molecule has 1 saturated heterocycles. The molecule has 110 valence electrons. The van der Waals surface area contributed by atoms with Crippen LogP contribution < -0.4 is 16.0 Å². The van der Waals surface area contributed by atoms with Crippen LogP contribution in [0.1, 0.15) is 19.8 Å². The van der Waals surface area contributed by atoms with Crippen LogP contribution in [0.25, 0.3) is 0 Å². The molecule has 1 aliphatic heterocycles. The topological polar surface area (TPSA) is 87.4 Å². The number of nitrogen functional groups attached to an aromatic ring is 1. The Hall–Kier alpha value is -2.05. The predicted octanol–water partition coefficient (Wildman–Crippen LogP) is 0.549. The summed E-state index contributed by atoms with van der Waals surface area (Å²) in [5.41, 5.74) is 5.70. The van der Waals surface area contributed by atoms with Gasteiger partial charge in [0.25, 0.3) is 0 Å². The van der Waals surface area contributed by atoms with Gasteiger partial charge in [-0.15, -0.1) is 0 Å². The van der Waals surface area contributed by atoms with Gasteiger partial charge in [0.05, 0.1) is 6.54 Å². The van der Waals surface area contributed by atoms with E-state index in [9.17, 15) is 4.79 Å². The SMILES string of the molecule is CCNc1cc(N(C)CC(=O)N2CCCC2)nc(N)n1. The highest BCUT2D eigenvalue weighted by molar-refractivity contribution is 5.81. The van der Waals surface area contributed by atoms with E-state index in [2.05, 4.69) is 15.3 Å². The number of carbonyl (C=O) groups excluding carboxylic acids is 1. The molecule has 20 heavy (non-hydrogen) atoms. The number of likely N-dealkylation sites (N-methyl/N-ethyl adjacent to an activating group) is 1. The zero-order valence-electron chi connectivity index (χ0n) is 12.1. The highest BCUT2D eigenvalue weighted by Gasteiger charge is 2.20. The Labute approximate surface area is 119 Å². The number of anilines is 3. The molecule has 1 aliphatic rings. The second-order valence-electron chi connectivity index (χ2n) is 4.94. The van der Waals surface area contributed by atoms with Crippen LogP contribution in [0.2, 0.25) is 0 Å². The van der Waals surface area contributed by atoms with Gasteiger partial charge in [-0.1, -0.05) is 0 Å². The van der Waals surface area contributed by atoms with Gasteiger partial charge in [0.2, 0.25) is 11.9 Å². The van der Waals surface area contributed by atoms with E-state index in [1.165, 1.54) is 0 Å². The Kier molecular flexibility index (Phi) is 4.60. The third-order valence-corrected chi connectivity index (χ3v) is 3.31. The molecule has 3 N–H and O–H groups in total. The zero-order valence-corrected chi connectivity index (χ0v) is 12.1. The van der Waals surface area contributed by atoms with Crippen molar-refractivity contribution >= 4 is 23.5 Å². The van der Waals surface area contributed by atoms with E-state index in [-0.39, 0.29) is 11.9 Å². The van der Waals surface area contributed by atoms with E-state index < -0.39 is 0 Å². The number of amides is 1. The van der Waals surface area contributed by atoms with E-state index >= 15 is 0 Å². The van der Waals surface area contributed by atoms with Crippen LogP contribution in [-0.2, 0) is 4.79 Å². The molecule has 7 heteroatoms. The van der Waals surface area contributed by atoms with Crippen molar-refractivity contribution in [2.45, 2.75) is 19.8 Å². The lowest BCUT2D eigenvalue weighted by Gasteiger charge is -2.22. The van der Waals surface area contributed by atoms with Crippen molar-refractivity contribution in [3.63, 3.8) is 0 Å². The number of rotatable bonds is 5. The predicted molar refractivity (Wildman–Crippen MR) is 79.7 cm³/mol. The van der Waals surface area contributed by atoms with Gasteiger partial charge >= 0.3 is 0 Å². The van der Waals surface area contributed by atoms with Crippen LogP contribution in [-0.4, -0.2) is 54.0 Å². The van der Waals surface area contributed by atoms with Crippen molar-refractivity contribution in [2.24, 2.45) is 0 Å². The fraction of sp³-hybridized carbons (Fsp3) is 0.615. The van der Waals surface area contributed by atoms with Crippen molar-refractivity contribution in [1.82, 2.24) is 14.9 Å². The Morgan fingerprint density at radius 3 is 2.80 bits per heavy atom. The molecule has 0 aromatic carbocycles. The van der Waals surface area contributed by atoms with Gasteiger partial charge in [-0.25, -0.2) is 0 Å². The Morgan fingerprint density at radius 2 is 2.15 bits per heavy atom. The molecule has 0 aliphatic carbocycles. The van der Waals surface area contributed by atoms with Crippen LogP contribution in [0.3, 0.4) is 0 Å². The molecule has 1 amide bonds. The van der Waals surface area contributed by atoms with Crippen LogP contribution in [0.4, 0.5) is 17.6 Å². The summed E-state index contributed by atoms with van der Waals surface area (Å²) < 4.78 is 0. The molecule has 0 unspecified atom stereocenters. The van der Waals surface area contributed by atoms with Crippen molar-refractivity contribution in [3.8, 4) is 0 Å². The van der Waals surface area contributed by atoms with Gasteiger partial charge in [-0.3, -0.25) is 4.79 Å². The molecule has 1 fully saturated rings. The third-order valence-electron chi connectivity index (χ3n) is 3.31. The first-order valence-electron chi connectivity index (χ1n) is 6.97. The summed E-state index contributed by atoms with van der Waals surface area (Å²) in [4.78, 5) is 24.1. The van der Waals surface area contributed by atoms with Gasteiger partial charge in [0.1, 0.15) is 11.6 Å². The molecule has 1 aromatic rings. The van der Waals surface area contributed by atoms with Crippen LogP contribution in [0, 0.1) is 0 Å². The molecular formula is C13H22N6O. The van der Waals surface area contributed by atoms with Crippen LogP contribution in [0.5, 0.6) is 0 Å². The summed E-state index contributed by atoms with van der Waals surface area (Å²) in [7, 11) is 1.84. The summed E-state index contributed by atoms with van der Waals surface area (Å²) in [6, 6.07) is 1.80. The molecule has 0 saturated carbocycles. The second kappa shape index (κ2) is 6.40. The first-order valence-corrected chi connectivity index (χ1v) is 6.97. The normalized spacial score (nSPS) is 14.4. The lowest BCUT2D eigenvalue weighted by atomic mass is 10.4. The summed E-state index contributed by atoms with van der Waals surface area (Å²) in [6.07, 6.45) is 2.20. The number of hydrogen-bond acceptors (Lipinski definition) is 6. The van der Waals surface area contributed by atoms with Crippen molar-refractivity contribution in [2.75, 3.05) is 49.2 Å². The average Bonchev–Trinajstić information content (AvgIpc) is 2.92. The smallest absolute Gasteiger partial charge is 0.242 e. The van der Waals surface area contributed by atoms with Gasteiger partial charge in [-0.05, 0) is 19.8 Å². The molecule has 0 radical (unpaired) electrons. The molecule has 7 nitrogen and oxygen atoms in total. The Morgan fingerprint density at radius 1 is 1.45 bits per heavy atom. The number of likely N-dealkylation sites (tertiary alicyclic amines) is 1. The molecule has 2 rings (SSSR count). The summed E-state index contributed by atoms with van der Waals surface area (Å²) in [5, 5.41) is 3.10. The molecule has 2 heterocycles. The average molecular weight is 278 g/mol. The fourth-order valence-corrected chi connectivity index (χ4v) is 2.27. The lowest BCUT2D eigenvalue weighted by molar-refractivity contribution is -0.128. The Balaban J connectivity index is 2.04. The van der Waals surface area contributed by atoms with Gasteiger partial charge in [-0.2, -0.15) is 9.97 Å². The third kappa shape index (κ3) is 3.49. The number of nitrogens with two attached hydrogens (primary N) is 1. The van der Waals surface area contributed by atoms with E-state index in [0.29, 0.717) is 18.2 Å². The molecule has 1 aromatic heterocycles. The van der Waals surface area contributed by atoms with Gasteiger partial charge in [0, 0.05) is 32.7 Å². The summed E-state index contributed by atoms with van der Waals surface area (Å²) in [6.45, 7) is 4.77. The minimum absolute atomic E-state index is 0.132. The molecule has 0 atom stereocenters. The van der Waals surface area contributed by atoms with Crippen molar-refractivity contribution in [3.05, 3.63) is 6.07 Å². The quantitative estimate of drug-likeness (QED) is 0.818. The minimum atomic E-state index is 0.132. The highest BCUT2D eigenvalue weighted by Crippen LogP contribution is 2.16. The van der Waals surface area contributed by atoms with E-state index in [4.69, 9.17) is 5.73 Å². The number of aromatic nitrogens is 2. The number of nitrogens with one attached hydrogen (secondary N) is 1. The van der Waals surface area contributed by atoms with Crippen molar-refractivity contribution < 1.29 is 4.79 Å². The van der Waals surface area contributed by atoms with Crippen LogP contribution in [0.15, 0.2) is 6.07 Å². The number of hydrogen-bond donors (Lipinski definition) is 2. The summed E-state index contributed by atoms with van der Waals surface area (Å²) >= 11 is 0. The second-order valence-corrected chi connectivity index (χ2v) is 4.94. The Bertz CT molecular complexity index is 472. The summed E-state index contributed by atoms with van der Waals surface area (Å²) in [5.74, 6) is 1.67. The van der Waals surface area contributed by atoms with Crippen LogP contribution >= 0.6 is 0 Å². The standard InChI is InChI=1S/C13H22N6O/c1-3-15-10-8-11(17-13(14)16-10)18(2)9-12(20)19-6-4-5-7-19/h8H,3-7,9H2,1-2H3,(H3,14,15,16,17). The van der Waals surface area contributed by atoms with Gasteiger partial charge < -0.3 is 20.9 Å². The first-order chi connectivity index (χ1) is 9.60. The monoisotopic (exact) mass is 278 g/mol. The van der Waals surface area contributed by atoms with E-state index in [1.54, 1.807) is 11.0 Å². The van der Waals surface area contributed by atoms with Crippen molar-refractivity contribution in [1.29, 1.82) is 0 Å².